The van der Waals surface area contributed by atoms with E-state index in [-0.39, 0.29) is 24.3 Å². The van der Waals surface area contributed by atoms with E-state index in [0.29, 0.717) is 11.1 Å². The molecule has 0 aliphatic heterocycles. The molecule has 0 aliphatic carbocycles. The number of aryl methyl sites for hydroxylation is 1. The summed E-state index contributed by atoms with van der Waals surface area (Å²) >= 11 is 0. The number of aromatic nitrogens is 1. The first-order chi connectivity index (χ1) is 13.0. The van der Waals surface area contributed by atoms with Crippen molar-refractivity contribution in [2.45, 2.75) is 31.6 Å². The van der Waals surface area contributed by atoms with Crippen molar-refractivity contribution in [3.8, 4) is 11.1 Å². The van der Waals surface area contributed by atoms with Gasteiger partial charge in [-0.05, 0) is 37.5 Å². The minimum Gasteiger partial charge on any atom is -0.315 e. The number of ketones is 1. The van der Waals surface area contributed by atoms with E-state index in [1.807, 2.05) is 0 Å². The van der Waals surface area contributed by atoms with Crippen LogP contribution in [0.4, 0.5) is 0 Å². The van der Waals surface area contributed by atoms with E-state index >= 15 is 0 Å². The Hall–Kier alpha value is -2.78. The number of benzene rings is 1. The lowest BCUT2D eigenvalue weighted by molar-refractivity contribution is -0.131. The summed E-state index contributed by atoms with van der Waals surface area (Å²) in [4.78, 5) is 35.6. The van der Waals surface area contributed by atoms with E-state index in [1.54, 1.807) is 30.3 Å². The molecule has 2 aromatic rings. The third-order valence-corrected chi connectivity index (χ3v) is 6.88. The van der Waals surface area contributed by atoms with Crippen LogP contribution in [-0.4, -0.2) is 40.9 Å². The summed E-state index contributed by atoms with van der Waals surface area (Å²) < 4.78 is 23.4. The number of carbonyl (C=O) groups excluding carboxylic acids is 2. The standard InChI is InChI=1S/C19H22N2O6S/c1-13(22)14-4-6-15(7-5-14)16-8-10-21(17(23)12-16)11-9-19(2,18(24)20-25)28(3,26)27/h4-8,10,12,25H,9,11H2,1-3H3,(H,20,24). The number of nitrogens with zero attached hydrogens (tertiary/aromatic N) is 1. The zero-order valence-corrected chi connectivity index (χ0v) is 16.6. The topological polar surface area (TPSA) is 123 Å². The highest BCUT2D eigenvalue weighted by Crippen LogP contribution is 2.22. The molecular weight excluding hydrogens is 384 g/mol. The van der Waals surface area contributed by atoms with Crippen LogP contribution in [0.2, 0.25) is 0 Å². The lowest BCUT2D eigenvalue weighted by atomic mass is 10.0. The number of hydrogen-bond acceptors (Lipinski definition) is 6. The fourth-order valence-electron chi connectivity index (χ4n) is 2.69. The van der Waals surface area contributed by atoms with Crippen LogP contribution in [0.15, 0.2) is 47.4 Å². The van der Waals surface area contributed by atoms with E-state index in [0.717, 1.165) is 11.8 Å². The number of hydrogen-bond donors (Lipinski definition) is 2. The molecule has 8 nitrogen and oxygen atoms in total. The molecule has 1 heterocycles. The van der Waals surface area contributed by atoms with E-state index in [9.17, 15) is 22.8 Å². The molecule has 1 aromatic carbocycles. The minimum absolute atomic E-state index is 0.0284. The summed E-state index contributed by atoms with van der Waals surface area (Å²) in [5.74, 6) is -1.10. The molecule has 1 atom stereocenters. The van der Waals surface area contributed by atoms with Crippen molar-refractivity contribution >= 4 is 21.5 Å². The number of pyridine rings is 1. The van der Waals surface area contributed by atoms with Crippen LogP contribution in [-0.2, 0) is 21.2 Å². The molecule has 0 saturated carbocycles. The van der Waals surface area contributed by atoms with Crippen molar-refractivity contribution in [3.63, 3.8) is 0 Å². The smallest absolute Gasteiger partial charge is 0.264 e. The van der Waals surface area contributed by atoms with Crippen molar-refractivity contribution in [1.82, 2.24) is 10.0 Å². The molecule has 0 spiro atoms. The van der Waals surface area contributed by atoms with Gasteiger partial charge in [0.2, 0.25) is 0 Å². The molecular formula is C19H22N2O6S. The number of sulfone groups is 1. The number of carbonyl (C=O) groups is 2. The molecule has 0 saturated heterocycles. The van der Waals surface area contributed by atoms with Gasteiger partial charge in [-0.15, -0.1) is 0 Å². The molecule has 0 fully saturated rings. The van der Waals surface area contributed by atoms with Gasteiger partial charge in [0.1, 0.15) is 0 Å². The number of rotatable bonds is 7. The third kappa shape index (κ3) is 4.37. The zero-order valence-electron chi connectivity index (χ0n) is 15.8. The van der Waals surface area contributed by atoms with Gasteiger partial charge in [-0.2, -0.15) is 0 Å². The van der Waals surface area contributed by atoms with Crippen molar-refractivity contribution in [2.24, 2.45) is 0 Å². The van der Waals surface area contributed by atoms with Crippen LogP contribution in [0.25, 0.3) is 11.1 Å². The number of nitrogens with one attached hydrogen (secondary N) is 1. The highest BCUT2D eigenvalue weighted by Gasteiger charge is 2.43. The summed E-state index contributed by atoms with van der Waals surface area (Å²) in [6.07, 6.45) is 2.22. The average Bonchev–Trinajstić information content (AvgIpc) is 2.65. The molecule has 2 rings (SSSR count). The lowest BCUT2D eigenvalue weighted by Gasteiger charge is -2.25. The molecule has 150 valence electrons. The van der Waals surface area contributed by atoms with Crippen molar-refractivity contribution in [2.75, 3.05) is 6.26 Å². The second-order valence-corrected chi connectivity index (χ2v) is 9.22. The molecule has 2 N–H and O–H groups in total. The summed E-state index contributed by atoms with van der Waals surface area (Å²) in [6, 6.07) is 9.91. The van der Waals surface area contributed by atoms with Crippen LogP contribution in [0, 0.1) is 0 Å². The SMILES string of the molecule is CC(=O)c1ccc(-c2ccn(CCC(C)(C(=O)NO)S(C)(=O)=O)c(=O)c2)cc1. The zero-order chi connectivity index (χ0) is 21.1. The van der Waals surface area contributed by atoms with Gasteiger partial charge in [0.15, 0.2) is 20.4 Å². The molecule has 28 heavy (non-hydrogen) atoms. The molecule has 1 amide bonds. The summed E-state index contributed by atoms with van der Waals surface area (Å²) in [6.45, 7) is 2.64. The first-order valence-corrected chi connectivity index (χ1v) is 10.3. The minimum atomic E-state index is -3.84. The number of hydroxylamine groups is 1. The van der Waals surface area contributed by atoms with Gasteiger partial charge in [-0.25, -0.2) is 13.9 Å². The fourth-order valence-corrected chi connectivity index (χ4v) is 3.53. The predicted octanol–water partition coefficient (Wildman–Crippen LogP) is 1.42. The first kappa shape index (κ1) is 21.5. The van der Waals surface area contributed by atoms with E-state index in [1.165, 1.54) is 36.2 Å². The molecule has 0 bridgehead atoms. The van der Waals surface area contributed by atoms with Gasteiger partial charge in [-0.1, -0.05) is 24.3 Å². The predicted molar refractivity (Wildman–Crippen MR) is 104 cm³/mol. The van der Waals surface area contributed by atoms with E-state index in [2.05, 4.69) is 0 Å². The van der Waals surface area contributed by atoms with Gasteiger partial charge in [0, 0.05) is 30.6 Å². The molecule has 1 aromatic heterocycles. The van der Waals surface area contributed by atoms with Crippen LogP contribution in [0.1, 0.15) is 30.6 Å². The van der Waals surface area contributed by atoms with Gasteiger partial charge in [0.05, 0.1) is 0 Å². The molecule has 9 heteroatoms. The van der Waals surface area contributed by atoms with Crippen LogP contribution in [0.5, 0.6) is 0 Å². The Bertz CT molecular complexity index is 1060. The Morgan fingerprint density at radius 2 is 1.75 bits per heavy atom. The normalized spacial score (nSPS) is 13.6. The van der Waals surface area contributed by atoms with E-state index in [4.69, 9.17) is 5.21 Å². The van der Waals surface area contributed by atoms with Crippen LogP contribution in [0.3, 0.4) is 0 Å². The van der Waals surface area contributed by atoms with Crippen LogP contribution >= 0.6 is 0 Å². The number of Topliss-reactive ketones (excluding diaryl/α,β-unsaturated/α-hetero) is 1. The summed E-state index contributed by atoms with van der Waals surface area (Å²) in [7, 11) is -3.84. The Labute approximate surface area is 162 Å². The quantitative estimate of drug-likeness (QED) is 0.407. The maximum Gasteiger partial charge on any atom is 0.264 e. The van der Waals surface area contributed by atoms with Crippen molar-refractivity contribution < 1.29 is 23.2 Å². The fraction of sp³-hybridized carbons (Fsp3) is 0.316. The average molecular weight is 406 g/mol. The Balaban J connectivity index is 2.26. The maximum absolute atomic E-state index is 12.4. The van der Waals surface area contributed by atoms with Crippen molar-refractivity contribution in [1.29, 1.82) is 0 Å². The Morgan fingerprint density at radius 1 is 1.14 bits per heavy atom. The highest BCUT2D eigenvalue weighted by atomic mass is 32.2. The molecule has 1 unspecified atom stereocenters. The first-order valence-electron chi connectivity index (χ1n) is 8.45. The monoisotopic (exact) mass is 406 g/mol. The molecule has 0 aliphatic rings. The summed E-state index contributed by atoms with van der Waals surface area (Å²) in [5, 5.41) is 8.85. The third-order valence-electron chi connectivity index (χ3n) is 4.85. The van der Waals surface area contributed by atoms with Gasteiger partial charge >= 0.3 is 0 Å². The second-order valence-electron chi connectivity index (χ2n) is 6.77. The second kappa shape index (κ2) is 8.07. The van der Waals surface area contributed by atoms with Gasteiger partial charge in [-0.3, -0.25) is 19.6 Å². The van der Waals surface area contributed by atoms with E-state index < -0.39 is 20.5 Å². The molecule has 0 radical (unpaired) electrons. The Kier molecular flexibility index (Phi) is 6.20. The van der Waals surface area contributed by atoms with Crippen molar-refractivity contribution in [3.05, 3.63) is 58.5 Å². The van der Waals surface area contributed by atoms with Gasteiger partial charge < -0.3 is 4.57 Å². The lowest BCUT2D eigenvalue weighted by Crippen LogP contribution is -2.49. The van der Waals surface area contributed by atoms with Crippen LogP contribution < -0.4 is 11.0 Å². The largest absolute Gasteiger partial charge is 0.315 e. The Morgan fingerprint density at radius 3 is 2.21 bits per heavy atom. The number of amides is 1. The highest BCUT2D eigenvalue weighted by molar-refractivity contribution is 7.92. The summed E-state index contributed by atoms with van der Waals surface area (Å²) in [5.41, 5.74) is 2.99. The maximum atomic E-state index is 12.4. The van der Waals surface area contributed by atoms with Gasteiger partial charge in [0.25, 0.3) is 11.5 Å².